The van der Waals surface area contributed by atoms with Crippen molar-refractivity contribution in [1.29, 1.82) is 0 Å². The van der Waals surface area contributed by atoms with Crippen LogP contribution in [0.25, 0.3) is 0 Å². The largest absolute Gasteiger partial charge is 0.451 e. The second kappa shape index (κ2) is 8.28. The number of amides is 2. The van der Waals surface area contributed by atoms with Crippen LogP contribution in [-0.4, -0.2) is 29.4 Å². The number of nitrogens with zero attached hydrogens (tertiary/aromatic N) is 1. The fourth-order valence-corrected chi connectivity index (χ4v) is 1.84. The zero-order valence-corrected chi connectivity index (χ0v) is 13.6. The van der Waals surface area contributed by atoms with Gasteiger partial charge in [-0.25, -0.2) is 9.78 Å². The molecule has 0 spiro atoms. The smallest absolute Gasteiger partial charge is 0.357 e. The number of nitrogens with one attached hydrogen (secondary N) is 2. The van der Waals surface area contributed by atoms with Crippen molar-refractivity contribution in [2.24, 2.45) is 0 Å². The minimum atomic E-state index is -0.809. The van der Waals surface area contributed by atoms with E-state index in [1.165, 1.54) is 42.6 Å². The molecule has 124 valence electrons. The second-order valence-corrected chi connectivity index (χ2v) is 5.32. The summed E-state index contributed by atoms with van der Waals surface area (Å²) < 4.78 is 4.76. The number of hydrazine groups is 1. The lowest BCUT2D eigenvalue weighted by Gasteiger charge is -2.08. The van der Waals surface area contributed by atoms with E-state index >= 15 is 0 Å². The fraction of sp³-hybridized carbons (Fsp3) is 0.0667. The van der Waals surface area contributed by atoms with E-state index in [-0.39, 0.29) is 5.69 Å². The normalized spacial score (nSPS) is 9.92. The number of rotatable bonds is 4. The highest BCUT2D eigenvalue weighted by atomic mass is 35.5. The van der Waals surface area contributed by atoms with Crippen LogP contribution in [0, 0.1) is 0 Å². The summed E-state index contributed by atoms with van der Waals surface area (Å²) in [6.07, 6.45) is 1.34. The van der Waals surface area contributed by atoms with Gasteiger partial charge >= 0.3 is 5.97 Å². The van der Waals surface area contributed by atoms with Gasteiger partial charge in [-0.2, -0.15) is 0 Å². The van der Waals surface area contributed by atoms with E-state index in [2.05, 4.69) is 15.8 Å². The number of aromatic nitrogens is 1. The Morgan fingerprint density at radius 1 is 1.00 bits per heavy atom. The summed E-state index contributed by atoms with van der Waals surface area (Å²) in [5.41, 5.74) is 4.58. The van der Waals surface area contributed by atoms with Crippen LogP contribution in [0.15, 0.2) is 42.6 Å². The van der Waals surface area contributed by atoms with E-state index in [4.69, 9.17) is 27.9 Å². The highest BCUT2D eigenvalue weighted by molar-refractivity contribution is 6.31. The average Bonchev–Trinajstić information content (AvgIpc) is 2.58. The van der Waals surface area contributed by atoms with Gasteiger partial charge < -0.3 is 4.74 Å². The topological polar surface area (TPSA) is 97.4 Å². The third-order valence-electron chi connectivity index (χ3n) is 2.69. The van der Waals surface area contributed by atoms with Gasteiger partial charge in [-0.3, -0.25) is 20.4 Å². The van der Waals surface area contributed by atoms with Gasteiger partial charge in [0.05, 0.1) is 0 Å². The molecular weight excluding hydrogens is 357 g/mol. The number of esters is 1. The molecule has 1 heterocycles. The van der Waals surface area contributed by atoms with Crippen molar-refractivity contribution >= 4 is 41.0 Å². The van der Waals surface area contributed by atoms with Gasteiger partial charge in [0.15, 0.2) is 6.61 Å². The Hall–Kier alpha value is -2.64. The molecule has 1 aromatic heterocycles. The van der Waals surface area contributed by atoms with Crippen molar-refractivity contribution in [3.63, 3.8) is 0 Å². The third-order valence-corrected chi connectivity index (χ3v) is 3.17. The van der Waals surface area contributed by atoms with E-state index in [9.17, 15) is 14.4 Å². The highest BCUT2D eigenvalue weighted by Crippen LogP contribution is 2.09. The molecule has 2 N–H and O–H groups in total. The number of benzene rings is 1. The van der Waals surface area contributed by atoms with E-state index in [1.807, 2.05) is 0 Å². The van der Waals surface area contributed by atoms with E-state index < -0.39 is 24.4 Å². The Kier molecular flexibility index (Phi) is 6.11. The van der Waals surface area contributed by atoms with Gasteiger partial charge in [0.25, 0.3) is 11.8 Å². The highest BCUT2D eigenvalue weighted by Gasteiger charge is 2.13. The Labute approximate surface area is 146 Å². The average molecular weight is 368 g/mol. The van der Waals surface area contributed by atoms with Gasteiger partial charge in [0.1, 0.15) is 5.69 Å². The molecule has 0 saturated heterocycles. The molecule has 0 radical (unpaired) electrons. The van der Waals surface area contributed by atoms with Gasteiger partial charge in [0.2, 0.25) is 0 Å². The van der Waals surface area contributed by atoms with Crippen LogP contribution in [0.5, 0.6) is 0 Å². The van der Waals surface area contributed by atoms with Gasteiger partial charge in [0, 0.05) is 21.8 Å². The van der Waals surface area contributed by atoms with Crippen molar-refractivity contribution in [2.45, 2.75) is 0 Å². The monoisotopic (exact) mass is 367 g/mol. The molecule has 0 unspecified atom stereocenters. The molecule has 2 rings (SSSR count). The van der Waals surface area contributed by atoms with Crippen LogP contribution in [0.2, 0.25) is 10.0 Å². The number of ether oxygens (including phenoxy) is 1. The lowest BCUT2D eigenvalue weighted by molar-refractivity contribution is -0.125. The van der Waals surface area contributed by atoms with Gasteiger partial charge in [-0.05, 0) is 36.4 Å². The predicted molar refractivity (Wildman–Crippen MR) is 86.6 cm³/mol. The first-order chi connectivity index (χ1) is 11.5. The summed E-state index contributed by atoms with van der Waals surface area (Å²) in [5.74, 6) is -2.06. The summed E-state index contributed by atoms with van der Waals surface area (Å²) in [4.78, 5) is 38.8. The Balaban J connectivity index is 1.78. The molecule has 0 bridgehead atoms. The number of carbonyl (C=O) groups excluding carboxylic acids is 3. The summed E-state index contributed by atoms with van der Waals surface area (Å²) >= 11 is 11.4. The molecule has 9 heteroatoms. The first kappa shape index (κ1) is 17.7. The lowest BCUT2D eigenvalue weighted by atomic mass is 10.2. The van der Waals surface area contributed by atoms with Crippen molar-refractivity contribution in [3.8, 4) is 0 Å². The van der Waals surface area contributed by atoms with Crippen LogP contribution in [-0.2, 0) is 9.53 Å². The maximum absolute atomic E-state index is 11.8. The minimum absolute atomic E-state index is 0.0273. The maximum Gasteiger partial charge on any atom is 0.357 e. The van der Waals surface area contributed by atoms with Crippen LogP contribution in [0.3, 0.4) is 0 Å². The van der Waals surface area contributed by atoms with Crippen LogP contribution >= 0.6 is 23.2 Å². The van der Waals surface area contributed by atoms with E-state index in [0.29, 0.717) is 15.6 Å². The van der Waals surface area contributed by atoms with Crippen LogP contribution in [0.4, 0.5) is 0 Å². The number of carbonyl (C=O) groups is 3. The Morgan fingerprint density at radius 3 is 2.38 bits per heavy atom. The molecule has 2 aromatic rings. The second-order valence-electron chi connectivity index (χ2n) is 4.44. The van der Waals surface area contributed by atoms with Crippen molar-refractivity contribution in [2.75, 3.05) is 6.61 Å². The zero-order chi connectivity index (χ0) is 17.5. The maximum atomic E-state index is 11.8. The third kappa shape index (κ3) is 5.22. The standard InChI is InChI=1S/C15H11Cl2N3O4/c16-10-3-1-9(2-4-10)14(22)20-19-13(21)8-24-15(23)12-7-11(17)5-6-18-12/h1-7H,8H2,(H,19,21)(H,20,22). The molecule has 0 aliphatic rings. The van der Waals surface area contributed by atoms with E-state index in [1.54, 1.807) is 0 Å². The van der Waals surface area contributed by atoms with Crippen LogP contribution in [0.1, 0.15) is 20.8 Å². The minimum Gasteiger partial charge on any atom is -0.451 e. The Bertz CT molecular complexity index is 766. The molecule has 0 fully saturated rings. The molecular formula is C15H11Cl2N3O4. The van der Waals surface area contributed by atoms with E-state index in [0.717, 1.165) is 0 Å². The van der Waals surface area contributed by atoms with Crippen molar-refractivity contribution < 1.29 is 19.1 Å². The molecule has 7 nitrogen and oxygen atoms in total. The van der Waals surface area contributed by atoms with Gasteiger partial charge in [-0.1, -0.05) is 23.2 Å². The molecule has 24 heavy (non-hydrogen) atoms. The summed E-state index contributed by atoms with van der Waals surface area (Å²) in [7, 11) is 0. The van der Waals surface area contributed by atoms with Gasteiger partial charge in [-0.15, -0.1) is 0 Å². The SMILES string of the molecule is O=C(COC(=O)c1cc(Cl)ccn1)NNC(=O)c1ccc(Cl)cc1. The molecule has 0 aliphatic heterocycles. The predicted octanol–water partition coefficient (Wildman–Crippen LogP) is 2.01. The quantitative estimate of drug-likeness (QED) is 0.636. The number of hydrogen-bond acceptors (Lipinski definition) is 5. The fourth-order valence-electron chi connectivity index (χ4n) is 1.56. The summed E-state index contributed by atoms with van der Waals surface area (Å²) in [6.45, 7) is -0.589. The molecule has 2 amide bonds. The lowest BCUT2D eigenvalue weighted by Crippen LogP contribution is -2.43. The summed E-state index contributed by atoms with van der Waals surface area (Å²) in [5, 5.41) is 0.800. The molecule has 0 atom stereocenters. The first-order valence-electron chi connectivity index (χ1n) is 6.59. The van der Waals surface area contributed by atoms with Crippen molar-refractivity contribution in [3.05, 3.63) is 63.9 Å². The first-order valence-corrected chi connectivity index (χ1v) is 7.35. The number of halogens is 2. The van der Waals surface area contributed by atoms with Crippen LogP contribution < -0.4 is 10.9 Å². The Morgan fingerprint density at radius 2 is 1.71 bits per heavy atom. The zero-order valence-electron chi connectivity index (χ0n) is 12.1. The van der Waals surface area contributed by atoms with Crippen molar-refractivity contribution in [1.82, 2.24) is 15.8 Å². The number of pyridine rings is 1. The molecule has 0 saturated carbocycles. The molecule has 0 aliphatic carbocycles. The summed E-state index contributed by atoms with van der Waals surface area (Å²) in [6, 6.07) is 8.88. The molecule has 1 aromatic carbocycles. The number of hydrogen-bond donors (Lipinski definition) is 2.